The Bertz CT molecular complexity index is 1130. The van der Waals surface area contributed by atoms with Gasteiger partial charge in [-0.15, -0.1) is 0 Å². The summed E-state index contributed by atoms with van der Waals surface area (Å²) in [7, 11) is 0. The van der Waals surface area contributed by atoms with Crippen molar-refractivity contribution in [2.45, 2.75) is 0 Å². The molecule has 2 aromatic carbocycles. The average Bonchev–Trinajstić information content (AvgIpc) is 2.96. The summed E-state index contributed by atoms with van der Waals surface area (Å²) in [6, 6.07) is 9.60. The molecule has 3 amide bonds. The van der Waals surface area contributed by atoms with Crippen molar-refractivity contribution in [1.82, 2.24) is 4.90 Å². The molecule has 3 rings (SSSR count). The molecule has 0 bridgehead atoms. The van der Waals surface area contributed by atoms with Crippen LogP contribution in [0.2, 0.25) is 10.0 Å². The summed E-state index contributed by atoms with van der Waals surface area (Å²) in [5.41, 5.74) is 0.835. The third kappa shape index (κ3) is 5.83. The molecule has 1 saturated heterocycles. The molecule has 12 heteroatoms. The van der Waals surface area contributed by atoms with Crippen molar-refractivity contribution in [3.63, 3.8) is 0 Å². The minimum Gasteiger partial charge on any atom is -0.479 e. The summed E-state index contributed by atoms with van der Waals surface area (Å²) in [6.07, 6.45) is 1.44. The van der Waals surface area contributed by atoms with Gasteiger partial charge in [0.1, 0.15) is 6.54 Å². The third-order valence-electron chi connectivity index (χ3n) is 3.98. The molecule has 1 aliphatic heterocycles. The van der Waals surface area contributed by atoms with Crippen molar-refractivity contribution < 1.29 is 29.0 Å². The monoisotopic (exact) mass is 558 g/mol. The van der Waals surface area contributed by atoms with Gasteiger partial charge < -0.3 is 15.2 Å². The average molecular weight is 560 g/mol. The largest absolute Gasteiger partial charge is 0.479 e. The van der Waals surface area contributed by atoms with E-state index in [0.29, 0.717) is 32.5 Å². The zero-order chi connectivity index (χ0) is 23.4. The molecule has 0 aliphatic carbocycles. The van der Waals surface area contributed by atoms with E-state index in [4.69, 9.17) is 33.0 Å². The zero-order valence-corrected chi connectivity index (χ0v) is 19.8. The maximum Gasteiger partial charge on any atom is 0.341 e. The number of halogens is 3. The lowest BCUT2D eigenvalue weighted by molar-refractivity contribution is -0.139. The number of para-hydroxylation sites is 1. The first-order valence-electron chi connectivity index (χ1n) is 8.79. The van der Waals surface area contributed by atoms with Gasteiger partial charge in [0.2, 0.25) is 5.91 Å². The number of ether oxygens (including phenoxy) is 1. The molecule has 1 heterocycles. The lowest BCUT2D eigenvalue weighted by atomic mass is 10.2. The number of nitrogens with one attached hydrogen (secondary N) is 1. The second-order valence-electron chi connectivity index (χ2n) is 6.29. The van der Waals surface area contributed by atoms with Gasteiger partial charge in [-0.3, -0.25) is 19.3 Å². The third-order valence-corrected chi connectivity index (χ3v) is 6.09. The molecule has 0 saturated carbocycles. The summed E-state index contributed by atoms with van der Waals surface area (Å²) in [5.74, 6) is -2.24. The number of carboxylic acids is 1. The number of anilines is 1. The summed E-state index contributed by atoms with van der Waals surface area (Å²) in [4.78, 5) is 48.8. The molecule has 8 nitrogen and oxygen atoms in total. The van der Waals surface area contributed by atoms with Crippen LogP contribution >= 0.6 is 50.9 Å². The Hall–Kier alpha value is -2.53. The first-order chi connectivity index (χ1) is 15.2. The Labute approximate surface area is 204 Å². The van der Waals surface area contributed by atoms with Gasteiger partial charge in [-0.05, 0) is 63.6 Å². The topological polar surface area (TPSA) is 113 Å². The number of carbonyl (C=O) groups excluding carboxylic acids is 3. The fourth-order valence-electron chi connectivity index (χ4n) is 2.62. The Morgan fingerprint density at radius 2 is 1.91 bits per heavy atom. The minimum atomic E-state index is -1.16. The summed E-state index contributed by atoms with van der Waals surface area (Å²) < 4.78 is 5.49. The van der Waals surface area contributed by atoms with Crippen molar-refractivity contribution in [2.75, 3.05) is 18.5 Å². The SMILES string of the molecule is O=C(O)COc1c(Cl)cc(/C=C2/SC(=O)N(CC(=O)Nc3ccccc3Cl)C2=O)cc1Br. The van der Waals surface area contributed by atoms with Crippen LogP contribution in [0.3, 0.4) is 0 Å². The lowest BCUT2D eigenvalue weighted by Crippen LogP contribution is -2.36. The van der Waals surface area contributed by atoms with Crippen molar-refractivity contribution in [3.05, 3.63) is 61.4 Å². The highest BCUT2D eigenvalue weighted by Crippen LogP contribution is 2.37. The van der Waals surface area contributed by atoms with E-state index in [1.807, 2.05) is 0 Å². The molecule has 0 spiro atoms. The van der Waals surface area contributed by atoms with E-state index >= 15 is 0 Å². The maximum absolute atomic E-state index is 12.7. The number of aliphatic carboxylic acids is 1. The highest BCUT2D eigenvalue weighted by atomic mass is 79.9. The minimum absolute atomic E-state index is 0.0997. The number of imide groups is 1. The van der Waals surface area contributed by atoms with Crippen LogP contribution in [0.15, 0.2) is 45.8 Å². The number of rotatable bonds is 7. The molecule has 2 aromatic rings. The van der Waals surface area contributed by atoms with Crippen molar-refractivity contribution >= 4 is 85.7 Å². The van der Waals surface area contributed by atoms with Gasteiger partial charge in [0.25, 0.3) is 11.1 Å². The number of thioether (sulfide) groups is 1. The van der Waals surface area contributed by atoms with E-state index in [-0.39, 0.29) is 15.7 Å². The van der Waals surface area contributed by atoms with E-state index in [2.05, 4.69) is 21.2 Å². The standard InChI is InChI=1S/C20H13BrCl2N2O6S/c21-11-5-10(6-13(23)18(11)31-9-17(27)28)7-15-19(29)25(20(30)32-15)8-16(26)24-14-4-2-1-3-12(14)22/h1-7H,8-9H2,(H,24,26)(H,27,28)/b15-7+. The van der Waals surface area contributed by atoms with Crippen molar-refractivity contribution in [2.24, 2.45) is 0 Å². The molecule has 2 N–H and O–H groups in total. The molecule has 0 radical (unpaired) electrons. The first kappa shape index (κ1) is 24.1. The van der Waals surface area contributed by atoms with Crippen LogP contribution in [-0.2, 0) is 14.4 Å². The molecule has 1 aliphatic rings. The summed E-state index contributed by atoms with van der Waals surface area (Å²) >= 11 is 16.1. The van der Waals surface area contributed by atoms with Crippen molar-refractivity contribution in [3.8, 4) is 5.75 Å². The Balaban J connectivity index is 1.73. The number of nitrogens with zero attached hydrogens (tertiary/aromatic N) is 1. The lowest BCUT2D eigenvalue weighted by Gasteiger charge is -2.13. The normalized spacial score (nSPS) is 14.7. The van der Waals surface area contributed by atoms with E-state index < -0.39 is 36.2 Å². The van der Waals surface area contributed by atoms with Crippen LogP contribution in [0.5, 0.6) is 5.75 Å². The van der Waals surface area contributed by atoms with E-state index in [0.717, 1.165) is 4.90 Å². The highest BCUT2D eigenvalue weighted by Gasteiger charge is 2.36. The van der Waals surface area contributed by atoms with Crippen LogP contribution in [0, 0.1) is 0 Å². The highest BCUT2D eigenvalue weighted by molar-refractivity contribution is 9.10. The molecular formula is C20H13BrCl2N2O6S. The van der Waals surface area contributed by atoms with Gasteiger partial charge in [-0.25, -0.2) is 4.79 Å². The van der Waals surface area contributed by atoms with Crippen LogP contribution in [0.4, 0.5) is 10.5 Å². The van der Waals surface area contributed by atoms with Gasteiger partial charge in [0.05, 0.1) is 25.1 Å². The zero-order valence-electron chi connectivity index (χ0n) is 15.9. The number of benzene rings is 2. The molecule has 1 fully saturated rings. The summed E-state index contributed by atoms with van der Waals surface area (Å²) in [5, 5.41) is 11.1. The molecule has 0 unspecified atom stereocenters. The van der Waals surface area contributed by atoms with Gasteiger partial charge in [-0.2, -0.15) is 0 Å². The number of carbonyl (C=O) groups is 4. The van der Waals surface area contributed by atoms with Gasteiger partial charge in [-0.1, -0.05) is 35.3 Å². The quantitative estimate of drug-likeness (QED) is 0.464. The van der Waals surface area contributed by atoms with Gasteiger partial charge >= 0.3 is 5.97 Å². The Morgan fingerprint density at radius 1 is 1.19 bits per heavy atom. The number of hydrogen-bond donors (Lipinski definition) is 2. The molecule has 0 aromatic heterocycles. The second kappa shape index (κ2) is 10.4. The fourth-order valence-corrected chi connectivity index (χ4v) is 4.63. The maximum atomic E-state index is 12.7. The molecular weight excluding hydrogens is 547 g/mol. The molecule has 166 valence electrons. The summed E-state index contributed by atoms with van der Waals surface area (Å²) in [6.45, 7) is -1.05. The van der Waals surface area contributed by atoms with Crippen LogP contribution in [0.25, 0.3) is 6.08 Å². The Morgan fingerprint density at radius 3 is 2.56 bits per heavy atom. The molecule has 32 heavy (non-hydrogen) atoms. The van der Waals surface area contributed by atoms with Crippen LogP contribution < -0.4 is 10.1 Å². The van der Waals surface area contributed by atoms with Gasteiger partial charge in [0.15, 0.2) is 12.4 Å². The predicted octanol–water partition coefficient (Wildman–Crippen LogP) is 4.89. The van der Waals surface area contributed by atoms with Crippen LogP contribution in [0.1, 0.15) is 5.56 Å². The number of carboxylic acid groups (broad SMARTS) is 1. The predicted molar refractivity (Wildman–Crippen MR) is 125 cm³/mol. The van der Waals surface area contributed by atoms with Gasteiger partial charge in [0, 0.05) is 0 Å². The van der Waals surface area contributed by atoms with E-state index in [1.165, 1.54) is 12.1 Å². The van der Waals surface area contributed by atoms with Crippen LogP contribution in [-0.4, -0.2) is 46.2 Å². The number of hydrogen-bond acceptors (Lipinski definition) is 6. The smallest absolute Gasteiger partial charge is 0.341 e. The Kier molecular flexibility index (Phi) is 7.83. The second-order valence-corrected chi connectivity index (χ2v) is 8.95. The van der Waals surface area contributed by atoms with E-state index in [9.17, 15) is 19.2 Å². The van der Waals surface area contributed by atoms with Crippen molar-refractivity contribution in [1.29, 1.82) is 0 Å². The number of amides is 3. The molecule has 0 atom stereocenters. The fraction of sp³-hybridized carbons (Fsp3) is 0.100. The first-order valence-corrected chi connectivity index (χ1v) is 11.2. The van der Waals surface area contributed by atoms with E-state index in [1.54, 1.807) is 30.3 Å².